The van der Waals surface area contributed by atoms with E-state index >= 15 is 0 Å². The highest BCUT2D eigenvalue weighted by atomic mass is 127. The summed E-state index contributed by atoms with van der Waals surface area (Å²) in [5, 5.41) is 10.8. The lowest BCUT2D eigenvalue weighted by Crippen LogP contribution is -2.48. The van der Waals surface area contributed by atoms with Crippen LogP contribution in [0.5, 0.6) is 0 Å². The number of benzene rings is 1. The van der Waals surface area contributed by atoms with Gasteiger partial charge in [0.05, 0.1) is 12.2 Å². The molecule has 1 aromatic carbocycles. The van der Waals surface area contributed by atoms with Gasteiger partial charge in [-0.3, -0.25) is 9.89 Å². The smallest absolute Gasteiger partial charge is 0.191 e. The fourth-order valence-corrected chi connectivity index (χ4v) is 4.11. The number of likely N-dealkylation sites (tertiary alicyclic amines) is 1. The van der Waals surface area contributed by atoms with Crippen LogP contribution in [0.15, 0.2) is 34.6 Å². The molecule has 6 nitrogen and oxygen atoms in total. The van der Waals surface area contributed by atoms with Crippen molar-refractivity contribution in [3.63, 3.8) is 0 Å². The van der Waals surface area contributed by atoms with Gasteiger partial charge in [0.1, 0.15) is 0 Å². The Hall–Kier alpha value is -1.10. The van der Waals surface area contributed by atoms with Gasteiger partial charge in [-0.15, -0.1) is 35.3 Å². The van der Waals surface area contributed by atoms with Crippen LogP contribution in [0.3, 0.4) is 0 Å². The number of hydrogen-bond acceptors (Lipinski definition) is 5. The van der Waals surface area contributed by atoms with Crippen LogP contribution in [-0.2, 0) is 13.1 Å². The van der Waals surface area contributed by atoms with Gasteiger partial charge in [0.2, 0.25) is 0 Å². The maximum absolute atomic E-state index is 5.97. The zero-order valence-corrected chi connectivity index (χ0v) is 21.1. The molecule has 1 fully saturated rings. The van der Waals surface area contributed by atoms with Gasteiger partial charge < -0.3 is 15.5 Å². The molecule has 3 rings (SSSR count). The quantitative estimate of drug-likeness (QED) is 0.327. The van der Waals surface area contributed by atoms with Crippen molar-refractivity contribution in [2.45, 2.75) is 32.0 Å². The number of piperidine rings is 1. The van der Waals surface area contributed by atoms with Crippen LogP contribution in [-0.4, -0.2) is 56.1 Å². The molecule has 160 valence electrons. The second-order valence-electron chi connectivity index (χ2n) is 7.26. The average molecular weight is 549 g/mol. The number of nitrogens with zero attached hydrogens (tertiary/aromatic N) is 4. The van der Waals surface area contributed by atoms with Gasteiger partial charge >= 0.3 is 0 Å². The number of aliphatic imine (C=N–C) groups is 1. The number of hydrogen-bond donors (Lipinski definition) is 2. The van der Waals surface area contributed by atoms with Crippen LogP contribution in [0.2, 0.25) is 5.02 Å². The Morgan fingerprint density at radius 1 is 1.28 bits per heavy atom. The van der Waals surface area contributed by atoms with Gasteiger partial charge in [-0.2, -0.15) is 0 Å². The molecule has 0 atom stereocenters. The van der Waals surface area contributed by atoms with E-state index in [1.165, 1.54) is 5.56 Å². The number of guanidine groups is 1. The van der Waals surface area contributed by atoms with Gasteiger partial charge in [-0.25, -0.2) is 4.98 Å². The van der Waals surface area contributed by atoms with Crippen LogP contribution < -0.4 is 15.5 Å². The summed E-state index contributed by atoms with van der Waals surface area (Å²) in [5.41, 5.74) is 2.35. The second-order valence-corrected chi connectivity index (χ2v) is 8.54. The monoisotopic (exact) mass is 548 g/mol. The van der Waals surface area contributed by atoms with E-state index < -0.39 is 0 Å². The summed E-state index contributed by atoms with van der Waals surface area (Å²) in [7, 11) is 5.84. The van der Waals surface area contributed by atoms with Crippen molar-refractivity contribution in [2.75, 3.05) is 39.1 Å². The molecular formula is C20H30ClIN6S. The Balaban J connectivity index is 0.00000300. The minimum atomic E-state index is 0. The first-order chi connectivity index (χ1) is 13.5. The third kappa shape index (κ3) is 7.58. The predicted octanol–water partition coefficient (Wildman–Crippen LogP) is 3.81. The lowest BCUT2D eigenvalue weighted by Gasteiger charge is -2.33. The van der Waals surface area contributed by atoms with E-state index in [1.807, 2.05) is 38.2 Å². The molecule has 2 aromatic rings. The normalized spacial score (nSPS) is 15.7. The molecule has 2 heterocycles. The van der Waals surface area contributed by atoms with Gasteiger partial charge in [0.15, 0.2) is 11.1 Å². The fourth-order valence-electron chi connectivity index (χ4n) is 3.23. The van der Waals surface area contributed by atoms with Crippen molar-refractivity contribution in [1.82, 2.24) is 20.5 Å². The third-order valence-corrected chi connectivity index (χ3v) is 6.14. The summed E-state index contributed by atoms with van der Waals surface area (Å²) >= 11 is 7.63. The van der Waals surface area contributed by atoms with E-state index in [9.17, 15) is 0 Å². The molecule has 1 aliphatic heterocycles. The van der Waals surface area contributed by atoms with Crippen LogP contribution in [0.25, 0.3) is 0 Å². The summed E-state index contributed by atoms with van der Waals surface area (Å²) in [5.74, 6) is 0.843. The largest absolute Gasteiger partial charge is 0.354 e. The maximum Gasteiger partial charge on any atom is 0.191 e. The lowest BCUT2D eigenvalue weighted by molar-refractivity contribution is 0.198. The van der Waals surface area contributed by atoms with E-state index in [2.05, 4.69) is 43.0 Å². The molecule has 9 heteroatoms. The van der Waals surface area contributed by atoms with Gasteiger partial charge in [0, 0.05) is 57.2 Å². The molecule has 0 spiro atoms. The molecule has 2 N–H and O–H groups in total. The van der Waals surface area contributed by atoms with Gasteiger partial charge in [0.25, 0.3) is 0 Å². The standard InChI is InChI=1S/C20H29ClN6S.HI/c1-22-19(23-12-18-14-28-20(25-18)26(2)3)24-17-8-10-27(11-9-17)13-15-4-6-16(21)7-5-15;/h4-7,14,17H,8-13H2,1-3H3,(H2,22,23,24);1H. The van der Waals surface area contributed by atoms with E-state index in [1.54, 1.807) is 11.3 Å². The van der Waals surface area contributed by atoms with E-state index in [4.69, 9.17) is 11.6 Å². The molecule has 1 aromatic heterocycles. The van der Waals surface area contributed by atoms with Crippen molar-refractivity contribution >= 4 is 58.0 Å². The number of nitrogens with one attached hydrogen (secondary N) is 2. The predicted molar refractivity (Wildman–Crippen MR) is 135 cm³/mol. The van der Waals surface area contributed by atoms with Crippen LogP contribution in [0, 0.1) is 0 Å². The highest BCUT2D eigenvalue weighted by molar-refractivity contribution is 14.0. The minimum absolute atomic E-state index is 0. The average Bonchev–Trinajstić information content (AvgIpc) is 3.18. The minimum Gasteiger partial charge on any atom is -0.354 e. The molecule has 0 bridgehead atoms. The van der Waals surface area contributed by atoms with Crippen LogP contribution in [0.4, 0.5) is 5.13 Å². The molecular weight excluding hydrogens is 519 g/mol. The topological polar surface area (TPSA) is 55.8 Å². The van der Waals surface area contributed by atoms with Crippen LogP contribution >= 0.6 is 46.9 Å². The van der Waals surface area contributed by atoms with Gasteiger partial charge in [-0.1, -0.05) is 23.7 Å². The first-order valence-corrected chi connectivity index (χ1v) is 10.8. The molecule has 0 aliphatic carbocycles. The zero-order chi connectivity index (χ0) is 19.9. The number of rotatable bonds is 6. The van der Waals surface area contributed by atoms with Gasteiger partial charge in [-0.05, 0) is 30.5 Å². The molecule has 0 radical (unpaired) electrons. The Morgan fingerprint density at radius 2 is 1.97 bits per heavy atom. The second kappa shape index (κ2) is 11.9. The summed E-state index contributed by atoms with van der Waals surface area (Å²) in [6.45, 7) is 3.82. The summed E-state index contributed by atoms with van der Waals surface area (Å²) in [6, 6.07) is 8.59. The maximum atomic E-state index is 5.97. The SMILES string of the molecule is CN=C(NCc1csc(N(C)C)n1)NC1CCN(Cc2ccc(Cl)cc2)CC1.I. The summed E-state index contributed by atoms with van der Waals surface area (Å²) in [6.07, 6.45) is 2.21. The van der Waals surface area contributed by atoms with Crippen molar-refractivity contribution in [2.24, 2.45) is 4.99 Å². The van der Waals surface area contributed by atoms with Crippen LogP contribution in [0.1, 0.15) is 24.1 Å². The zero-order valence-electron chi connectivity index (χ0n) is 17.2. The van der Waals surface area contributed by atoms with Crippen molar-refractivity contribution in [3.05, 3.63) is 45.9 Å². The highest BCUT2D eigenvalue weighted by Crippen LogP contribution is 2.18. The Bertz CT molecular complexity index is 772. The molecule has 1 saturated heterocycles. The highest BCUT2D eigenvalue weighted by Gasteiger charge is 2.20. The summed E-state index contributed by atoms with van der Waals surface area (Å²) < 4.78 is 0. The summed E-state index contributed by atoms with van der Waals surface area (Å²) in [4.78, 5) is 13.5. The Morgan fingerprint density at radius 3 is 2.55 bits per heavy atom. The number of thiazole rings is 1. The van der Waals surface area contributed by atoms with Crippen molar-refractivity contribution < 1.29 is 0 Å². The first kappa shape index (κ1) is 24.2. The fraction of sp³-hybridized carbons (Fsp3) is 0.500. The Kier molecular flexibility index (Phi) is 9.94. The number of anilines is 1. The van der Waals surface area contributed by atoms with Crippen molar-refractivity contribution in [1.29, 1.82) is 0 Å². The third-order valence-electron chi connectivity index (χ3n) is 4.83. The lowest BCUT2D eigenvalue weighted by atomic mass is 10.0. The first-order valence-electron chi connectivity index (χ1n) is 9.59. The number of halogens is 2. The molecule has 0 unspecified atom stereocenters. The molecule has 1 aliphatic rings. The molecule has 29 heavy (non-hydrogen) atoms. The van der Waals surface area contributed by atoms with E-state index in [0.29, 0.717) is 12.6 Å². The van der Waals surface area contributed by atoms with E-state index in [-0.39, 0.29) is 24.0 Å². The van der Waals surface area contributed by atoms with Crippen molar-refractivity contribution in [3.8, 4) is 0 Å². The Labute approximate surface area is 199 Å². The molecule has 0 amide bonds. The van der Waals surface area contributed by atoms with E-state index in [0.717, 1.165) is 54.3 Å². The number of aromatic nitrogens is 1. The molecule has 0 saturated carbocycles.